The molecule has 0 bridgehead atoms. The first-order valence-corrected chi connectivity index (χ1v) is 7.84. The van der Waals surface area contributed by atoms with Crippen molar-refractivity contribution in [1.29, 1.82) is 0 Å². The molecule has 5 heteroatoms. The lowest BCUT2D eigenvalue weighted by atomic mass is 10.0. The molecule has 1 aromatic rings. The molecule has 0 amide bonds. The van der Waals surface area contributed by atoms with E-state index in [2.05, 4.69) is 5.32 Å². The third kappa shape index (κ3) is 4.40. The summed E-state index contributed by atoms with van der Waals surface area (Å²) < 4.78 is 28.1. The fraction of sp³-hybridized carbons (Fsp3) is 0.538. The van der Waals surface area contributed by atoms with Crippen LogP contribution < -0.4 is 5.32 Å². The Morgan fingerprint density at radius 3 is 2.67 bits per heavy atom. The minimum absolute atomic E-state index is 0.154. The highest BCUT2D eigenvalue weighted by Crippen LogP contribution is 2.21. The first kappa shape index (κ1) is 15.1. The van der Waals surface area contributed by atoms with Gasteiger partial charge in [-0.3, -0.25) is 0 Å². The molecule has 1 unspecified atom stereocenters. The van der Waals surface area contributed by atoms with Crippen molar-refractivity contribution in [1.82, 2.24) is 5.32 Å². The van der Waals surface area contributed by atoms with Gasteiger partial charge in [-0.25, -0.2) is 8.42 Å². The molecule has 0 saturated heterocycles. The smallest absolute Gasteiger partial charge is 0.175 e. The molecule has 1 atom stereocenters. The van der Waals surface area contributed by atoms with Crippen molar-refractivity contribution in [2.24, 2.45) is 0 Å². The molecule has 0 aromatic heterocycles. The number of nitrogens with one attached hydrogen (secondary N) is 1. The SMILES string of the molecule is CNC(CCCOC)c1cccc(S(C)(=O)=O)c1. The van der Waals surface area contributed by atoms with E-state index in [0.717, 1.165) is 18.4 Å². The second kappa shape index (κ2) is 6.87. The van der Waals surface area contributed by atoms with Crippen molar-refractivity contribution in [3.8, 4) is 0 Å². The van der Waals surface area contributed by atoms with Crippen LogP contribution in [0.3, 0.4) is 0 Å². The highest BCUT2D eigenvalue weighted by molar-refractivity contribution is 7.90. The van der Waals surface area contributed by atoms with Gasteiger partial charge in [-0.15, -0.1) is 0 Å². The van der Waals surface area contributed by atoms with Crippen LogP contribution in [0.4, 0.5) is 0 Å². The van der Waals surface area contributed by atoms with Crippen LogP contribution in [0.25, 0.3) is 0 Å². The van der Waals surface area contributed by atoms with E-state index in [4.69, 9.17) is 4.74 Å². The summed E-state index contributed by atoms with van der Waals surface area (Å²) in [6.07, 6.45) is 3.08. The minimum Gasteiger partial charge on any atom is -0.385 e. The molecule has 18 heavy (non-hydrogen) atoms. The van der Waals surface area contributed by atoms with Gasteiger partial charge in [-0.2, -0.15) is 0 Å². The van der Waals surface area contributed by atoms with Crippen LogP contribution in [-0.4, -0.2) is 35.4 Å². The summed E-state index contributed by atoms with van der Waals surface area (Å²) in [7, 11) is 0.414. The second-order valence-corrected chi connectivity index (χ2v) is 6.34. The van der Waals surface area contributed by atoms with Gasteiger partial charge in [0.1, 0.15) is 0 Å². The first-order chi connectivity index (χ1) is 8.49. The number of hydrogen-bond donors (Lipinski definition) is 1. The topological polar surface area (TPSA) is 55.4 Å². The zero-order valence-corrected chi connectivity index (χ0v) is 12.0. The van der Waals surface area contributed by atoms with Gasteiger partial charge >= 0.3 is 0 Å². The third-order valence-electron chi connectivity index (χ3n) is 2.88. The Bertz CT molecular complexity index is 471. The van der Waals surface area contributed by atoms with Crippen LogP contribution in [0, 0.1) is 0 Å². The molecule has 0 spiro atoms. The maximum absolute atomic E-state index is 11.5. The van der Waals surface area contributed by atoms with Crippen LogP contribution in [0.2, 0.25) is 0 Å². The minimum atomic E-state index is -3.14. The van der Waals surface area contributed by atoms with Gasteiger partial charge in [-0.05, 0) is 37.6 Å². The van der Waals surface area contributed by atoms with E-state index in [1.54, 1.807) is 25.3 Å². The molecule has 0 saturated carbocycles. The third-order valence-corrected chi connectivity index (χ3v) is 3.99. The predicted octanol–water partition coefficient (Wildman–Crippen LogP) is 1.78. The summed E-state index contributed by atoms with van der Waals surface area (Å²) in [4.78, 5) is 0.368. The molecule has 0 aliphatic rings. The van der Waals surface area contributed by atoms with E-state index in [9.17, 15) is 8.42 Å². The molecule has 0 aliphatic carbocycles. The molecule has 0 fully saturated rings. The quantitative estimate of drug-likeness (QED) is 0.768. The summed E-state index contributed by atoms with van der Waals surface area (Å²) in [5.74, 6) is 0. The van der Waals surface area contributed by atoms with Crippen molar-refractivity contribution < 1.29 is 13.2 Å². The summed E-state index contributed by atoms with van der Waals surface area (Å²) in [5.41, 5.74) is 0.997. The van der Waals surface area contributed by atoms with E-state index in [0.29, 0.717) is 11.5 Å². The maximum Gasteiger partial charge on any atom is 0.175 e. The van der Waals surface area contributed by atoms with Gasteiger partial charge in [0.25, 0.3) is 0 Å². The summed E-state index contributed by atoms with van der Waals surface area (Å²) in [6.45, 7) is 0.712. The van der Waals surface area contributed by atoms with E-state index in [-0.39, 0.29) is 6.04 Å². The summed E-state index contributed by atoms with van der Waals surface area (Å²) >= 11 is 0. The fourth-order valence-electron chi connectivity index (χ4n) is 1.87. The Morgan fingerprint density at radius 1 is 1.39 bits per heavy atom. The Morgan fingerprint density at radius 2 is 2.11 bits per heavy atom. The van der Waals surface area contributed by atoms with Gasteiger partial charge in [-0.1, -0.05) is 12.1 Å². The lowest BCUT2D eigenvalue weighted by Gasteiger charge is -2.17. The molecule has 102 valence electrons. The van der Waals surface area contributed by atoms with Crippen LogP contribution in [0.15, 0.2) is 29.2 Å². The van der Waals surface area contributed by atoms with Gasteiger partial charge < -0.3 is 10.1 Å². The van der Waals surface area contributed by atoms with Crippen molar-refractivity contribution >= 4 is 9.84 Å². The van der Waals surface area contributed by atoms with Gasteiger partial charge in [0.05, 0.1) is 4.90 Å². The molecule has 1 N–H and O–H groups in total. The van der Waals surface area contributed by atoms with E-state index in [1.807, 2.05) is 13.1 Å². The Balaban J connectivity index is 2.86. The van der Waals surface area contributed by atoms with Gasteiger partial charge in [0, 0.05) is 26.0 Å². The lowest BCUT2D eigenvalue weighted by molar-refractivity contribution is 0.189. The maximum atomic E-state index is 11.5. The van der Waals surface area contributed by atoms with E-state index in [1.165, 1.54) is 6.26 Å². The van der Waals surface area contributed by atoms with Crippen molar-refractivity contribution in [2.75, 3.05) is 27.0 Å². The van der Waals surface area contributed by atoms with Crippen LogP contribution in [0.1, 0.15) is 24.4 Å². The van der Waals surface area contributed by atoms with E-state index < -0.39 is 9.84 Å². The number of ether oxygens (including phenoxy) is 1. The average Bonchev–Trinajstić information content (AvgIpc) is 2.34. The molecular formula is C13H21NO3S. The number of methoxy groups -OCH3 is 1. The fourth-order valence-corrected chi connectivity index (χ4v) is 2.55. The summed E-state index contributed by atoms with van der Waals surface area (Å²) in [6, 6.07) is 7.25. The normalized spacial score (nSPS) is 13.5. The molecule has 1 rings (SSSR count). The number of benzene rings is 1. The van der Waals surface area contributed by atoms with Gasteiger partial charge in [0.2, 0.25) is 0 Å². The van der Waals surface area contributed by atoms with Crippen LogP contribution in [-0.2, 0) is 14.6 Å². The monoisotopic (exact) mass is 271 g/mol. The standard InChI is InChI=1S/C13H21NO3S/c1-14-13(8-5-9-17-2)11-6-4-7-12(10-11)18(3,15)16/h4,6-7,10,13-14H,5,8-9H2,1-3H3. The van der Waals surface area contributed by atoms with E-state index >= 15 is 0 Å². The molecule has 0 radical (unpaired) electrons. The Labute approximate surface area is 109 Å². The summed E-state index contributed by atoms with van der Waals surface area (Å²) in [5, 5.41) is 3.21. The number of hydrogen-bond acceptors (Lipinski definition) is 4. The van der Waals surface area contributed by atoms with Crippen molar-refractivity contribution in [2.45, 2.75) is 23.8 Å². The van der Waals surface area contributed by atoms with Crippen LogP contribution >= 0.6 is 0 Å². The average molecular weight is 271 g/mol. The number of rotatable bonds is 7. The highest BCUT2D eigenvalue weighted by Gasteiger charge is 2.12. The van der Waals surface area contributed by atoms with Crippen LogP contribution in [0.5, 0.6) is 0 Å². The zero-order chi connectivity index (χ0) is 13.6. The highest BCUT2D eigenvalue weighted by atomic mass is 32.2. The van der Waals surface area contributed by atoms with Gasteiger partial charge in [0.15, 0.2) is 9.84 Å². The predicted molar refractivity (Wildman–Crippen MR) is 72.5 cm³/mol. The van der Waals surface area contributed by atoms with Crippen molar-refractivity contribution in [3.63, 3.8) is 0 Å². The Hall–Kier alpha value is -0.910. The van der Waals surface area contributed by atoms with Crippen molar-refractivity contribution in [3.05, 3.63) is 29.8 Å². The molecule has 0 aliphatic heterocycles. The first-order valence-electron chi connectivity index (χ1n) is 5.95. The lowest BCUT2D eigenvalue weighted by Crippen LogP contribution is -2.17. The second-order valence-electron chi connectivity index (χ2n) is 4.32. The number of sulfone groups is 1. The largest absolute Gasteiger partial charge is 0.385 e. The molecule has 1 aromatic carbocycles. The molecule has 0 heterocycles. The zero-order valence-electron chi connectivity index (χ0n) is 11.1. The Kier molecular flexibility index (Phi) is 5.78. The molecule has 4 nitrogen and oxygen atoms in total. The molecular weight excluding hydrogens is 250 g/mol.